The number of nitrogens with one attached hydrogen (secondary N) is 3. The Labute approximate surface area is 278 Å². The molecule has 48 heavy (non-hydrogen) atoms. The number of amides is 3. The second-order valence-corrected chi connectivity index (χ2v) is 14.6. The molecule has 3 N–H and O–H groups in total. The summed E-state index contributed by atoms with van der Waals surface area (Å²) in [5.74, 6) is -4.35. The van der Waals surface area contributed by atoms with Gasteiger partial charge in [0.05, 0.1) is 12.7 Å². The molecule has 0 spiro atoms. The maximum atomic E-state index is 13.8. The van der Waals surface area contributed by atoms with Crippen LogP contribution in [-0.2, 0) is 58.6 Å². The maximum Gasteiger partial charge on any atom is 0.338 e. The van der Waals surface area contributed by atoms with Gasteiger partial charge >= 0.3 is 11.9 Å². The van der Waals surface area contributed by atoms with Crippen molar-refractivity contribution in [2.24, 2.45) is 0 Å². The van der Waals surface area contributed by atoms with E-state index >= 15 is 0 Å². The zero-order valence-electron chi connectivity index (χ0n) is 27.4. The summed E-state index contributed by atoms with van der Waals surface area (Å²) in [7, 11) is -3.85. The number of ether oxygens (including phenoxy) is 2. The highest BCUT2D eigenvalue weighted by Gasteiger charge is 2.47. The van der Waals surface area contributed by atoms with Crippen LogP contribution in [0.5, 0.6) is 0 Å². The SMILES string of the molecule is CC1=CC(C(=O)OCC(=O)C(CC(=O)OC(C)(C)C)NC(=O)C2CCCN3C(=O)CCC(NS(C)(=O)=O)C(=O)N23)(c2ccccc2)NO1. The summed E-state index contributed by atoms with van der Waals surface area (Å²) >= 11 is 0. The number of rotatable bonds is 11. The van der Waals surface area contributed by atoms with Crippen LogP contribution in [0.3, 0.4) is 0 Å². The minimum Gasteiger partial charge on any atom is -0.460 e. The van der Waals surface area contributed by atoms with Gasteiger partial charge in [-0.1, -0.05) is 30.3 Å². The van der Waals surface area contributed by atoms with E-state index < -0.39 is 87.8 Å². The largest absolute Gasteiger partial charge is 0.460 e. The number of ketones is 1. The zero-order chi connectivity index (χ0) is 35.4. The molecule has 3 heterocycles. The van der Waals surface area contributed by atoms with Crippen molar-refractivity contribution in [1.29, 1.82) is 0 Å². The summed E-state index contributed by atoms with van der Waals surface area (Å²) in [6.45, 7) is 5.75. The fourth-order valence-electron chi connectivity index (χ4n) is 5.64. The van der Waals surface area contributed by atoms with Gasteiger partial charge in [-0.3, -0.25) is 29.0 Å². The number of nitrogens with zero attached hydrogens (tertiary/aromatic N) is 2. The minimum absolute atomic E-state index is 0.0756. The number of fused-ring (bicyclic) bond motifs is 1. The van der Waals surface area contributed by atoms with E-state index in [0.717, 1.165) is 16.3 Å². The third-order valence-electron chi connectivity index (χ3n) is 7.71. The molecule has 3 amide bonds. The van der Waals surface area contributed by atoms with E-state index in [4.69, 9.17) is 14.3 Å². The number of hydroxylamine groups is 1. The molecule has 262 valence electrons. The van der Waals surface area contributed by atoms with Gasteiger partial charge in [0.1, 0.15) is 29.5 Å². The Bertz CT molecular complexity index is 1590. The Morgan fingerprint density at radius 2 is 1.81 bits per heavy atom. The Kier molecular flexibility index (Phi) is 11.0. The van der Waals surface area contributed by atoms with E-state index in [9.17, 15) is 37.2 Å². The van der Waals surface area contributed by atoms with Crippen LogP contribution >= 0.6 is 0 Å². The predicted molar refractivity (Wildman–Crippen MR) is 167 cm³/mol. The Morgan fingerprint density at radius 3 is 2.42 bits per heavy atom. The van der Waals surface area contributed by atoms with Crippen LogP contribution in [0.25, 0.3) is 0 Å². The van der Waals surface area contributed by atoms with Gasteiger partial charge in [-0.05, 0) is 58.6 Å². The number of allylic oxidation sites excluding steroid dienone is 1. The topological polar surface area (TPSA) is 207 Å². The molecule has 0 bridgehead atoms. The minimum atomic E-state index is -3.85. The van der Waals surface area contributed by atoms with Crippen molar-refractivity contribution in [3.05, 3.63) is 47.7 Å². The third kappa shape index (κ3) is 8.76. The van der Waals surface area contributed by atoms with E-state index in [2.05, 4.69) is 15.5 Å². The standard InChI is InChI=1S/C31H41N5O11S/c1-19-17-31(34-47-19,20-10-7-6-8-11-20)29(42)45-18-24(37)22(16-26(39)46-30(2,3)4)32-27(40)23-12-9-15-35-25(38)14-13-21(28(41)36(23)35)33-48(5,43)44/h6-8,10-11,17,21-23,33-34H,9,12-16,18H2,1-5H3,(H,32,40). The fourth-order valence-corrected chi connectivity index (χ4v) is 6.38. The summed E-state index contributed by atoms with van der Waals surface area (Å²) in [5, 5.41) is 4.53. The monoisotopic (exact) mass is 691 g/mol. The highest BCUT2D eigenvalue weighted by Crippen LogP contribution is 2.31. The van der Waals surface area contributed by atoms with Gasteiger partial charge in [0.2, 0.25) is 21.8 Å². The molecule has 0 aliphatic carbocycles. The summed E-state index contributed by atoms with van der Waals surface area (Å²) in [5.41, 5.74) is 0.620. The number of carbonyl (C=O) groups excluding carboxylic acids is 6. The maximum absolute atomic E-state index is 13.8. The second-order valence-electron chi connectivity index (χ2n) is 12.9. The summed E-state index contributed by atoms with van der Waals surface area (Å²) in [6.07, 6.45) is 1.88. The van der Waals surface area contributed by atoms with Crippen LogP contribution in [0.4, 0.5) is 0 Å². The van der Waals surface area contributed by atoms with E-state index in [1.165, 1.54) is 6.08 Å². The first kappa shape index (κ1) is 36.5. The normalized spacial score (nSPS) is 23.6. The van der Waals surface area contributed by atoms with Gasteiger partial charge < -0.3 is 19.6 Å². The average molecular weight is 692 g/mol. The molecule has 2 saturated heterocycles. The van der Waals surface area contributed by atoms with Gasteiger partial charge in [0.25, 0.3) is 5.91 Å². The lowest BCUT2D eigenvalue weighted by Gasteiger charge is -2.43. The number of carbonyl (C=O) groups is 6. The van der Waals surface area contributed by atoms with Crippen LogP contribution in [0.15, 0.2) is 42.2 Å². The molecular weight excluding hydrogens is 650 g/mol. The van der Waals surface area contributed by atoms with Crippen LogP contribution in [0.1, 0.15) is 65.4 Å². The highest BCUT2D eigenvalue weighted by atomic mass is 32.2. The molecule has 17 heteroatoms. The summed E-state index contributed by atoms with van der Waals surface area (Å²) < 4.78 is 36.9. The number of Topliss-reactive ketones (excluding diaryl/α,β-unsaturated/α-hetero) is 1. The molecule has 16 nitrogen and oxygen atoms in total. The van der Waals surface area contributed by atoms with Crippen molar-refractivity contribution in [1.82, 2.24) is 25.5 Å². The molecule has 1 aromatic carbocycles. The number of hydrazine groups is 1. The molecule has 2 fully saturated rings. The molecule has 4 unspecified atom stereocenters. The van der Waals surface area contributed by atoms with Gasteiger partial charge in [0, 0.05) is 13.0 Å². The van der Waals surface area contributed by atoms with Crippen LogP contribution in [0, 0.1) is 0 Å². The number of sulfonamides is 1. The summed E-state index contributed by atoms with van der Waals surface area (Å²) in [6, 6.07) is 4.32. The highest BCUT2D eigenvalue weighted by molar-refractivity contribution is 7.88. The van der Waals surface area contributed by atoms with Gasteiger partial charge in [0.15, 0.2) is 17.9 Å². The van der Waals surface area contributed by atoms with E-state index in [1.807, 2.05) is 0 Å². The summed E-state index contributed by atoms with van der Waals surface area (Å²) in [4.78, 5) is 85.4. The Morgan fingerprint density at radius 1 is 1.12 bits per heavy atom. The Hall–Kier alpha value is -4.35. The number of hydrogen-bond acceptors (Lipinski definition) is 12. The van der Waals surface area contributed by atoms with Crippen molar-refractivity contribution >= 4 is 45.5 Å². The van der Waals surface area contributed by atoms with Crippen LogP contribution in [0.2, 0.25) is 0 Å². The molecule has 3 aliphatic heterocycles. The Balaban J connectivity index is 1.56. The third-order valence-corrected chi connectivity index (χ3v) is 8.42. The lowest BCUT2D eigenvalue weighted by molar-refractivity contribution is -0.176. The van der Waals surface area contributed by atoms with Gasteiger partial charge in [-0.25, -0.2) is 22.9 Å². The molecule has 1 aromatic rings. The van der Waals surface area contributed by atoms with Crippen molar-refractivity contribution in [2.75, 3.05) is 19.4 Å². The fraction of sp³-hybridized carbons (Fsp3) is 0.548. The lowest BCUT2D eigenvalue weighted by atomic mass is 9.90. The average Bonchev–Trinajstić information content (AvgIpc) is 3.37. The van der Waals surface area contributed by atoms with Crippen molar-refractivity contribution in [3.63, 3.8) is 0 Å². The number of hydrogen-bond donors (Lipinski definition) is 3. The molecule has 4 atom stereocenters. The predicted octanol–water partition coefficient (Wildman–Crippen LogP) is 0.0956. The van der Waals surface area contributed by atoms with Gasteiger partial charge in [-0.2, -0.15) is 0 Å². The van der Waals surface area contributed by atoms with Crippen molar-refractivity contribution in [2.45, 2.75) is 89.1 Å². The van der Waals surface area contributed by atoms with Crippen LogP contribution in [-0.4, -0.2) is 97.0 Å². The molecule has 0 aromatic heterocycles. The van der Waals surface area contributed by atoms with Crippen molar-refractivity contribution < 1.29 is 51.5 Å². The lowest BCUT2D eigenvalue weighted by Crippen LogP contribution is -2.64. The van der Waals surface area contributed by atoms with Crippen LogP contribution < -0.4 is 15.5 Å². The first-order chi connectivity index (χ1) is 22.4. The quantitative estimate of drug-likeness (QED) is 0.264. The number of esters is 2. The molecule has 0 radical (unpaired) electrons. The van der Waals surface area contributed by atoms with E-state index in [-0.39, 0.29) is 25.8 Å². The zero-order valence-corrected chi connectivity index (χ0v) is 28.3. The number of benzene rings is 1. The first-order valence-corrected chi connectivity index (χ1v) is 17.3. The second kappa shape index (κ2) is 14.4. The van der Waals surface area contributed by atoms with Gasteiger partial charge in [-0.15, -0.1) is 5.48 Å². The molecule has 4 rings (SSSR count). The molecule has 0 saturated carbocycles. The van der Waals surface area contributed by atoms with E-state index in [0.29, 0.717) is 17.7 Å². The van der Waals surface area contributed by atoms with E-state index in [1.54, 1.807) is 58.0 Å². The molecular formula is C31H41N5O11S. The first-order valence-electron chi connectivity index (χ1n) is 15.4. The molecule has 3 aliphatic rings. The smallest absolute Gasteiger partial charge is 0.338 e. The van der Waals surface area contributed by atoms with Crippen molar-refractivity contribution in [3.8, 4) is 0 Å².